The molecule has 1 aliphatic heterocycles. The number of phenols is 1. The zero-order chi connectivity index (χ0) is 78.4. The molecule has 107 heavy (non-hydrogen) atoms. The number of aromatic nitrogens is 1. The number of hydrogen-bond donors (Lipinski definition) is 18. The maximum atomic E-state index is 15.1. The van der Waals surface area contributed by atoms with Crippen LogP contribution in [-0.4, -0.2) is 206 Å². The summed E-state index contributed by atoms with van der Waals surface area (Å²) in [7, 11) is 1.71. The lowest BCUT2D eigenvalue weighted by molar-refractivity contribution is -0.139. The van der Waals surface area contributed by atoms with Gasteiger partial charge in [-0.1, -0.05) is 108 Å². The van der Waals surface area contributed by atoms with E-state index in [1.165, 1.54) is 35.2 Å². The Labute approximate surface area is 630 Å². The van der Waals surface area contributed by atoms with E-state index in [2.05, 4.69) is 63.1 Å². The number of nitrogens with two attached hydrogens (primary N) is 5. The molecule has 0 unspecified atom stereocenters. The van der Waals surface area contributed by atoms with Gasteiger partial charge in [0, 0.05) is 104 Å². The van der Waals surface area contributed by atoms with Crippen molar-refractivity contribution in [2.24, 2.45) is 39.6 Å². The fraction of sp³-hybridized carbons (Fsp3) is 0.500. The number of rotatable bonds is 26. The van der Waals surface area contributed by atoms with Crippen molar-refractivity contribution in [2.45, 2.75) is 184 Å². The minimum Gasteiger partial charge on any atom is -0.508 e. The van der Waals surface area contributed by atoms with E-state index in [9.17, 15) is 72.5 Å². The monoisotopic (exact) mass is 1540 g/mol. The summed E-state index contributed by atoms with van der Waals surface area (Å²) in [6.45, 7) is 3.88. The molecule has 0 radical (unpaired) electrons. The van der Waals surface area contributed by atoms with Crippen molar-refractivity contribution in [1.82, 2.24) is 63.1 Å². The van der Waals surface area contributed by atoms with Crippen molar-refractivity contribution in [3.63, 3.8) is 0 Å². The third kappa shape index (κ3) is 28.6. The smallest absolute Gasteiger partial charge is 0.303 e. The second-order valence-electron chi connectivity index (χ2n) is 26.6. The number of amides is 13. The van der Waals surface area contributed by atoms with E-state index in [1.54, 1.807) is 69.4 Å². The average Bonchev–Trinajstić information content (AvgIpc) is 1.73. The molecule has 13 amide bonds. The molecule has 1 saturated heterocycles. The number of carboxylic acid groups (broad SMARTS) is 1. The zero-order valence-corrected chi connectivity index (χ0v) is 62.1. The number of halogens is 1. The van der Waals surface area contributed by atoms with Crippen molar-refractivity contribution >= 4 is 133 Å². The van der Waals surface area contributed by atoms with Gasteiger partial charge >= 0.3 is 5.97 Å². The number of phenolic OH excluding ortho intramolecular Hbond substituents is 1. The number of benzene rings is 3. The molecule has 0 bridgehead atoms. The normalized spacial score (nSPS) is 21.6. The van der Waals surface area contributed by atoms with E-state index in [1.807, 2.05) is 0 Å². The van der Waals surface area contributed by atoms with Gasteiger partial charge in [-0.2, -0.15) is 0 Å². The first-order valence-electron chi connectivity index (χ1n) is 35.1. The lowest BCUT2D eigenvalue weighted by Gasteiger charge is -2.30. The summed E-state index contributed by atoms with van der Waals surface area (Å²) in [6, 6.07) is 3.96. The second kappa shape index (κ2) is 42.8. The Morgan fingerprint density at radius 3 is 1.90 bits per heavy atom. The molecule has 6 rings (SSSR count). The van der Waals surface area contributed by atoms with Gasteiger partial charge in [-0.05, 0) is 92.3 Å². The molecule has 1 aromatic heterocycles. The summed E-state index contributed by atoms with van der Waals surface area (Å²) >= 11 is 6.65. The van der Waals surface area contributed by atoms with Crippen molar-refractivity contribution in [3.8, 4) is 5.75 Å². The number of aromatic hydroxyl groups is 1. The number of hydrogen-bond acceptors (Lipinski definition) is 19. The molecular formula is C70H97ClN18O16S2. The van der Waals surface area contributed by atoms with Crippen LogP contribution in [0.25, 0.3) is 10.9 Å². The summed E-state index contributed by atoms with van der Waals surface area (Å²) in [5, 5.41) is 47.0. The minimum absolute atomic E-state index is 0.0176. The fourth-order valence-electron chi connectivity index (χ4n) is 11.9. The van der Waals surface area contributed by atoms with Crippen molar-refractivity contribution in [2.75, 3.05) is 31.1 Å². The van der Waals surface area contributed by atoms with Crippen LogP contribution < -0.4 is 81.8 Å². The number of aromatic amines is 1. The number of fused-ring (bicyclic) bond motifs is 1. The molecule has 3 aromatic carbocycles. The SMILES string of the molecule is CC(C)[C@@H]1NC(=O)[C@@H](NC(=O)[C@H](Cc2ccc(O)cc2)NC(=O)CN(C(=O)C[C@@H](C)N)C2CCCC2)CSSC[C@@H](C(N)=O)NC(=O)[C@H](CCC(=O)O)NC(=O)[C@H](Cc2c[nH]c3ccccc23)NC(=O)[C@H](CCC(N)=O)NC(=O)CCNC(=O)[C@H](CCCN=C(N)N)NC(=O)[C@H](Cc2ccccc2Cl)NC1=O. The molecule has 2 heterocycles. The molecule has 1 aliphatic carbocycles. The second-order valence-corrected chi connectivity index (χ2v) is 29.6. The van der Waals surface area contributed by atoms with E-state index in [4.69, 9.17) is 40.3 Å². The minimum atomic E-state index is -1.75. The molecule has 34 nitrogen and oxygen atoms in total. The molecule has 2 aliphatic rings. The molecule has 582 valence electrons. The van der Waals surface area contributed by atoms with Crippen LogP contribution in [0.5, 0.6) is 5.75 Å². The van der Waals surface area contributed by atoms with Gasteiger partial charge in [-0.15, -0.1) is 0 Å². The number of carboxylic acids is 1. The number of nitrogens with zero attached hydrogens (tertiary/aromatic N) is 2. The van der Waals surface area contributed by atoms with Crippen LogP contribution in [0.3, 0.4) is 0 Å². The zero-order valence-electron chi connectivity index (χ0n) is 59.7. The van der Waals surface area contributed by atoms with Gasteiger partial charge in [-0.3, -0.25) is 72.1 Å². The average molecular weight is 1550 g/mol. The largest absolute Gasteiger partial charge is 0.508 e. The Kier molecular flexibility index (Phi) is 34.3. The number of aliphatic imine (C=N–C) groups is 1. The Balaban J connectivity index is 1.42. The third-order valence-corrected chi connectivity index (χ3v) is 20.4. The number of carbonyl (C=O) groups is 14. The Morgan fingerprint density at radius 1 is 0.673 bits per heavy atom. The van der Waals surface area contributed by atoms with Crippen LogP contribution >= 0.6 is 33.2 Å². The Morgan fingerprint density at radius 2 is 1.26 bits per heavy atom. The van der Waals surface area contributed by atoms with E-state index >= 15 is 4.79 Å². The predicted octanol–water partition coefficient (Wildman–Crippen LogP) is -1.35. The molecule has 4 aromatic rings. The van der Waals surface area contributed by atoms with Gasteiger partial charge in [0.1, 0.15) is 60.1 Å². The number of guanidine groups is 1. The maximum Gasteiger partial charge on any atom is 0.303 e. The first-order valence-corrected chi connectivity index (χ1v) is 37.9. The summed E-state index contributed by atoms with van der Waals surface area (Å²) < 4.78 is 0. The first-order chi connectivity index (χ1) is 50.8. The highest BCUT2D eigenvalue weighted by atomic mass is 35.5. The number of carbonyl (C=O) groups excluding carboxylic acids is 13. The van der Waals surface area contributed by atoms with Gasteiger partial charge in [0.15, 0.2) is 5.96 Å². The van der Waals surface area contributed by atoms with Crippen LogP contribution in [0.1, 0.15) is 115 Å². The van der Waals surface area contributed by atoms with Crippen LogP contribution in [0.4, 0.5) is 0 Å². The van der Waals surface area contributed by atoms with Crippen LogP contribution in [0.15, 0.2) is 84.0 Å². The number of H-pyrrole nitrogens is 1. The highest BCUT2D eigenvalue weighted by molar-refractivity contribution is 8.76. The summed E-state index contributed by atoms with van der Waals surface area (Å²) in [6.07, 6.45) is 0.766. The van der Waals surface area contributed by atoms with Crippen molar-refractivity contribution < 1.29 is 77.3 Å². The van der Waals surface area contributed by atoms with E-state index in [0.29, 0.717) is 40.4 Å². The van der Waals surface area contributed by atoms with Gasteiger partial charge in [0.25, 0.3) is 0 Å². The number of nitrogens with one attached hydrogen (secondary N) is 11. The third-order valence-electron chi connectivity index (χ3n) is 17.6. The summed E-state index contributed by atoms with van der Waals surface area (Å²) in [5.74, 6) is -15.2. The van der Waals surface area contributed by atoms with Gasteiger partial charge in [-0.25, -0.2) is 0 Å². The fourth-order valence-corrected chi connectivity index (χ4v) is 14.5. The van der Waals surface area contributed by atoms with Gasteiger partial charge < -0.3 is 102 Å². The molecule has 0 spiro atoms. The summed E-state index contributed by atoms with van der Waals surface area (Å²) in [4.78, 5) is 206. The Bertz CT molecular complexity index is 3840. The van der Waals surface area contributed by atoms with E-state index < -0.39 is 200 Å². The van der Waals surface area contributed by atoms with E-state index in [-0.39, 0.29) is 73.8 Å². The predicted molar refractivity (Wildman–Crippen MR) is 400 cm³/mol. The quantitative estimate of drug-likeness (QED) is 0.0150. The number of primary amides is 2. The number of aliphatic carboxylic acids is 1. The van der Waals surface area contributed by atoms with Crippen LogP contribution in [-0.2, 0) is 86.4 Å². The lowest BCUT2D eigenvalue weighted by atomic mass is 10.00. The van der Waals surface area contributed by atoms with E-state index in [0.717, 1.165) is 34.4 Å². The number of para-hydroxylation sites is 1. The molecule has 10 atom stereocenters. The highest BCUT2D eigenvalue weighted by Gasteiger charge is 2.38. The van der Waals surface area contributed by atoms with Gasteiger partial charge in [0.2, 0.25) is 76.8 Å². The van der Waals surface area contributed by atoms with Crippen molar-refractivity contribution in [1.29, 1.82) is 0 Å². The molecule has 23 N–H and O–H groups in total. The molecule has 37 heteroatoms. The van der Waals surface area contributed by atoms with Crippen LogP contribution in [0.2, 0.25) is 5.02 Å². The lowest BCUT2D eigenvalue weighted by Crippen LogP contribution is -2.61. The maximum absolute atomic E-state index is 15.1. The molecule has 2 fully saturated rings. The van der Waals surface area contributed by atoms with Crippen LogP contribution in [0, 0.1) is 5.92 Å². The van der Waals surface area contributed by atoms with Crippen molar-refractivity contribution in [3.05, 3.63) is 101 Å². The Hall–Kier alpha value is -10.2. The highest BCUT2D eigenvalue weighted by Crippen LogP contribution is 2.27. The molecular weight excluding hydrogens is 1450 g/mol. The topological polar surface area (TPSA) is 561 Å². The standard InChI is InChI=1S/C70H97ClN18O16S2/c1-37(2)60-69(105)85-51(31-40-11-4-8-15-45(40)71)66(102)82-47(17-10-27-78-70(75)76)62(98)77-28-26-56(92)80-48(22-24-55(73)91)63(99)84-52(32-41-33-79-46-16-9-7-14-44(41)46)67(103)83-49(23-25-59(95)96)64(100)86-53(61(74)97)35-106-107-36-54(68(104)88-60)87-65(101)50(30-39-18-20-43(90)21-19-39)81-57(93)34-89(42-12-5-6-13-42)58(94)29-38(3)72/h4,7-9,11,14-16,18-21,33,37-38,42,47-54,60,79,90H,5-6,10,12-13,17,22-32,34-36,72H2,1-3H3,(H2,73,91)(H2,74,97)(H,77,98)(H,80,92)(H,81,93)(H,82,102)(H,83,103)(H,84,99)(H,85,105)(H,86,100)(H,87,101)(H,88,104)(H,95,96)(H4,75,76,78)/t38-,47+,48+,49+,50+,51+,52+,53+,54+,60+/m1/s1. The van der Waals surface area contributed by atoms with Gasteiger partial charge in [0.05, 0.1) is 6.54 Å². The summed E-state index contributed by atoms with van der Waals surface area (Å²) in [5.41, 5.74) is 30.5. The first kappa shape index (κ1) is 85.7. The molecule has 1 saturated carbocycles.